The molecule has 1 aliphatic heterocycles. The van der Waals surface area contributed by atoms with Crippen LogP contribution in [0.1, 0.15) is 12.8 Å². The molecule has 3 nitrogen and oxygen atoms in total. The van der Waals surface area contributed by atoms with Gasteiger partial charge < -0.3 is 9.73 Å². The van der Waals surface area contributed by atoms with Crippen LogP contribution in [0.15, 0.2) is 22.8 Å². The van der Waals surface area contributed by atoms with E-state index in [2.05, 4.69) is 16.7 Å². The first kappa shape index (κ1) is 8.32. The van der Waals surface area contributed by atoms with Crippen molar-refractivity contribution in [2.75, 3.05) is 11.9 Å². The van der Waals surface area contributed by atoms with Gasteiger partial charge in [-0.05, 0) is 25.5 Å². The zero-order valence-corrected chi connectivity index (χ0v) is 8.56. The van der Waals surface area contributed by atoms with E-state index >= 15 is 0 Å². The van der Waals surface area contributed by atoms with Gasteiger partial charge in [-0.2, -0.15) is 0 Å². The largest absolute Gasteiger partial charge is 0.463 e. The van der Waals surface area contributed by atoms with Crippen molar-refractivity contribution in [3.05, 3.63) is 18.4 Å². The number of fused-ring (bicyclic) bond motifs is 1. The summed E-state index contributed by atoms with van der Waals surface area (Å²) in [6.45, 7) is 1.12. The minimum Gasteiger partial charge on any atom is -0.463 e. The standard InChI is InChI=1S/C10H12N2OS/c1-2-9(11-4-1)12-10-6-7-8(14-10)3-5-13-7/h3,5-6,9,11-12H,1-2,4H2. The third-order valence-electron chi connectivity index (χ3n) is 2.52. The number of anilines is 1. The summed E-state index contributed by atoms with van der Waals surface area (Å²) in [5.74, 6) is 0. The van der Waals surface area contributed by atoms with Gasteiger partial charge >= 0.3 is 0 Å². The van der Waals surface area contributed by atoms with Gasteiger partial charge in [0.15, 0.2) is 0 Å². The lowest BCUT2D eigenvalue weighted by Crippen LogP contribution is -2.29. The molecule has 2 aromatic rings. The lowest BCUT2D eigenvalue weighted by Gasteiger charge is -2.11. The molecule has 0 radical (unpaired) electrons. The van der Waals surface area contributed by atoms with E-state index in [9.17, 15) is 0 Å². The maximum absolute atomic E-state index is 5.31. The minimum atomic E-state index is 0.442. The lowest BCUT2D eigenvalue weighted by atomic mass is 10.3. The van der Waals surface area contributed by atoms with Crippen molar-refractivity contribution < 1.29 is 4.42 Å². The highest BCUT2D eigenvalue weighted by Gasteiger charge is 2.14. The highest BCUT2D eigenvalue weighted by molar-refractivity contribution is 7.22. The molecule has 74 valence electrons. The molecular formula is C10H12N2OS. The summed E-state index contributed by atoms with van der Waals surface area (Å²) in [6.07, 6.45) is 4.65. The second kappa shape index (κ2) is 3.29. The van der Waals surface area contributed by atoms with Gasteiger partial charge in [-0.3, -0.25) is 5.32 Å². The maximum Gasteiger partial charge on any atom is 0.146 e. The number of thiophene rings is 1. The first-order valence-corrected chi connectivity index (χ1v) is 5.70. The maximum atomic E-state index is 5.31. The highest BCUT2D eigenvalue weighted by atomic mass is 32.1. The smallest absolute Gasteiger partial charge is 0.146 e. The first-order chi connectivity index (χ1) is 6.92. The Labute approximate surface area is 86.1 Å². The predicted octanol–water partition coefficient (Wildman–Crippen LogP) is 2.62. The molecule has 1 saturated heterocycles. The topological polar surface area (TPSA) is 37.2 Å². The van der Waals surface area contributed by atoms with Crippen molar-refractivity contribution in [1.29, 1.82) is 0 Å². The van der Waals surface area contributed by atoms with Gasteiger partial charge in [-0.25, -0.2) is 0 Å². The van der Waals surface area contributed by atoms with Crippen LogP contribution < -0.4 is 10.6 Å². The van der Waals surface area contributed by atoms with Crippen LogP contribution in [-0.4, -0.2) is 12.7 Å². The summed E-state index contributed by atoms with van der Waals surface area (Å²) < 4.78 is 6.53. The lowest BCUT2D eigenvalue weighted by molar-refractivity contribution is 0.616. The zero-order chi connectivity index (χ0) is 9.38. The molecular weight excluding hydrogens is 196 g/mol. The van der Waals surface area contributed by atoms with Crippen molar-refractivity contribution in [1.82, 2.24) is 5.32 Å². The molecule has 4 heteroatoms. The molecule has 1 atom stereocenters. The van der Waals surface area contributed by atoms with E-state index in [4.69, 9.17) is 4.42 Å². The van der Waals surface area contributed by atoms with Gasteiger partial charge in [0.05, 0.1) is 22.1 Å². The summed E-state index contributed by atoms with van der Waals surface area (Å²) in [7, 11) is 0. The fourth-order valence-electron chi connectivity index (χ4n) is 1.82. The summed E-state index contributed by atoms with van der Waals surface area (Å²) >= 11 is 1.75. The van der Waals surface area contributed by atoms with E-state index in [0.717, 1.165) is 12.1 Å². The average Bonchev–Trinajstić information content (AvgIpc) is 2.78. The summed E-state index contributed by atoms with van der Waals surface area (Å²) in [5, 5.41) is 8.06. The Morgan fingerprint density at radius 1 is 1.57 bits per heavy atom. The van der Waals surface area contributed by atoms with Crippen LogP contribution in [0.2, 0.25) is 0 Å². The Morgan fingerprint density at radius 3 is 3.36 bits per heavy atom. The number of hydrogen-bond donors (Lipinski definition) is 2. The van der Waals surface area contributed by atoms with E-state index < -0.39 is 0 Å². The summed E-state index contributed by atoms with van der Waals surface area (Å²) in [6, 6.07) is 4.08. The Kier molecular flexibility index (Phi) is 1.96. The zero-order valence-electron chi connectivity index (χ0n) is 7.75. The monoisotopic (exact) mass is 208 g/mol. The van der Waals surface area contributed by atoms with Crippen LogP contribution in [0.25, 0.3) is 10.3 Å². The van der Waals surface area contributed by atoms with Gasteiger partial charge in [0, 0.05) is 6.07 Å². The molecule has 0 spiro atoms. The molecule has 0 bridgehead atoms. The van der Waals surface area contributed by atoms with E-state index in [1.807, 2.05) is 6.07 Å². The van der Waals surface area contributed by atoms with Crippen LogP contribution in [0.5, 0.6) is 0 Å². The third kappa shape index (κ3) is 1.40. The van der Waals surface area contributed by atoms with Crippen molar-refractivity contribution in [3.63, 3.8) is 0 Å². The number of hydrogen-bond acceptors (Lipinski definition) is 4. The molecule has 0 saturated carbocycles. The predicted molar refractivity (Wildman–Crippen MR) is 58.7 cm³/mol. The number of furan rings is 1. The van der Waals surface area contributed by atoms with Crippen molar-refractivity contribution in [2.45, 2.75) is 19.0 Å². The molecule has 0 amide bonds. The molecule has 3 rings (SSSR count). The first-order valence-electron chi connectivity index (χ1n) is 4.89. The SMILES string of the molecule is c1cc2sc(NC3CCCN3)cc2o1. The third-order valence-corrected chi connectivity index (χ3v) is 3.53. The second-order valence-electron chi connectivity index (χ2n) is 3.55. The molecule has 3 heterocycles. The molecule has 1 fully saturated rings. The van der Waals surface area contributed by atoms with Gasteiger partial charge in [0.25, 0.3) is 0 Å². The molecule has 14 heavy (non-hydrogen) atoms. The fourth-order valence-corrected chi connectivity index (χ4v) is 2.75. The Balaban J connectivity index is 1.80. The summed E-state index contributed by atoms with van der Waals surface area (Å²) in [4.78, 5) is 0. The molecule has 1 unspecified atom stereocenters. The van der Waals surface area contributed by atoms with E-state index in [1.54, 1.807) is 17.6 Å². The van der Waals surface area contributed by atoms with Crippen LogP contribution in [0.4, 0.5) is 5.00 Å². The molecule has 2 N–H and O–H groups in total. The number of nitrogens with one attached hydrogen (secondary N) is 2. The minimum absolute atomic E-state index is 0.442. The van der Waals surface area contributed by atoms with Crippen molar-refractivity contribution >= 4 is 26.6 Å². The Bertz CT molecular complexity index is 399. The van der Waals surface area contributed by atoms with Gasteiger partial charge in [-0.15, -0.1) is 11.3 Å². The van der Waals surface area contributed by atoms with Crippen LogP contribution in [0, 0.1) is 0 Å². The van der Waals surface area contributed by atoms with E-state index in [0.29, 0.717) is 6.17 Å². The second-order valence-corrected chi connectivity index (χ2v) is 4.64. The summed E-state index contributed by atoms with van der Waals surface area (Å²) in [5.41, 5.74) is 0.982. The van der Waals surface area contributed by atoms with E-state index in [1.165, 1.54) is 22.5 Å². The highest BCUT2D eigenvalue weighted by Crippen LogP contribution is 2.31. The van der Waals surface area contributed by atoms with Crippen LogP contribution >= 0.6 is 11.3 Å². The quantitative estimate of drug-likeness (QED) is 0.796. The van der Waals surface area contributed by atoms with Crippen LogP contribution in [-0.2, 0) is 0 Å². The molecule has 2 aromatic heterocycles. The molecule has 0 aromatic carbocycles. The Hall–Kier alpha value is -1.00. The number of rotatable bonds is 2. The Morgan fingerprint density at radius 2 is 2.57 bits per heavy atom. The van der Waals surface area contributed by atoms with Crippen molar-refractivity contribution in [2.24, 2.45) is 0 Å². The van der Waals surface area contributed by atoms with Gasteiger partial charge in [0.2, 0.25) is 0 Å². The average molecular weight is 208 g/mol. The normalized spacial score (nSPS) is 21.9. The molecule has 1 aliphatic rings. The fraction of sp³-hybridized carbons (Fsp3) is 0.400. The van der Waals surface area contributed by atoms with Gasteiger partial charge in [0.1, 0.15) is 5.58 Å². The molecule has 0 aliphatic carbocycles. The van der Waals surface area contributed by atoms with Crippen LogP contribution in [0.3, 0.4) is 0 Å². The van der Waals surface area contributed by atoms with Gasteiger partial charge in [-0.1, -0.05) is 0 Å². The van der Waals surface area contributed by atoms with Crippen molar-refractivity contribution in [3.8, 4) is 0 Å². The van der Waals surface area contributed by atoms with E-state index in [-0.39, 0.29) is 0 Å².